The van der Waals surface area contributed by atoms with Gasteiger partial charge in [-0.3, -0.25) is 0 Å². The molecular weight excluding hydrogens is 647 g/mol. The normalized spacial score (nSPS) is 14.1. The fourth-order valence-corrected chi connectivity index (χ4v) is 8.11. The van der Waals surface area contributed by atoms with Gasteiger partial charge in [-0.05, 0) is 91.3 Å². The summed E-state index contributed by atoms with van der Waals surface area (Å²) in [6, 6.07) is 55.7. The summed E-state index contributed by atoms with van der Waals surface area (Å²) in [6.07, 6.45) is 5.33. The molecule has 1 aliphatic carbocycles. The van der Waals surface area contributed by atoms with Crippen molar-refractivity contribution in [1.82, 2.24) is 15.0 Å². The van der Waals surface area contributed by atoms with E-state index in [1.54, 1.807) is 0 Å². The molecule has 0 saturated heterocycles. The Kier molecular flexibility index (Phi) is 6.65. The molecule has 2 aromatic heterocycles. The summed E-state index contributed by atoms with van der Waals surface area (Å²) in [6.45, 7) is 0. The Morgan fingerprint density at radius 1 is 0.472 bits per heavy atom. The smallest absolute Gasteiger partial charge is 0.164 e. The van der Waals surface area contributed by atoms with E-state index < -0.39 is 0 Å². The van der Waals surface area contributed by atoms with Crippen molar-refractivity contribution in [3.63, 3.8) is 0 Å². The molecule has 4 heteroatoms. The molecule has 1 atom stereocenters. The summed E-state index contributed by atoms with van der Waals surface area (Å²) in [5.41, 5.74) is 8.38. The van der Waals surface area contributed by atoms with E-state index in [1.165, 1.54) is 38.1 Å². The molecule has 0 saturated carbocycles. The third kappa shape index (κ3) is 5.02. The van der Waals surface area contributed by atoms with Crippen molar-refractivity contribution >= 4 is 60.3 Å². The van der Waals surface area contributed by atoms with Gasteiger partial charge in [0.1, 0.15) is 17.0 Å². The Labute approximate surface area is 305 Å². The van der Waals surface area contributed by atoms with Crippen LogP contribution in [0.1, 0.15) is 22.9 Å². The second-order valence-corrected chi connectivity index (χ2v) is 14.0. The van der Waals surface area contributed by atoms with Gasteiger partial charge in [-0.1, -0.05) is 140 Å². The van der Waals surface area contributed by atoms with Crippen molar-refractivity contribution < 1.29 is 4.42 Å². The molecule has 11 rings (SSSR count). The summed E-state index contributed by atoms with van der Waals surface area (Å²) in [7, 11) is 0. The molecule has 4 nitrogen and oxygen atoms in total. The van der Waals surface area contributed by atoms with Crippen LogP contribution in [0.3, 0.4) is 0 Å². The van der Waals surface area contributed by atoms with E-state index in [0.717, 1.165) is 61.8 Å². The molecule has 0 bridgehead atoms. The first kappa shape index (κ1) is 29.8. The van der Waals surface area contributed by atoms with Crippen LogP contribution in [0.25, 0.3) is 94.2 Å². The first-order valence-electron chi connectivity index (χ1n) is 18.1. The number of aromatic nitrogens is 3. The fourth-order valence-electron chi connectivity index (χ4n) is 8.11. The molecule has 8 aromatic carbocycles. The van der Waals surface area contributed by atoms with Crippen LogP contribution in [0.2, 0.25) is 0 Å². The minimum absolute atomic E-state index is 0.00516. The maximum Gasteiger partial charge on any atom is 0.164 e. The number of hydrogen-bond donors (Lipinski definition) is 0. The zero-order valence-corrected chi connectivity index (χ0v) is 28.7. The Balaban J connectivity index is 1.07. The number of nitrogens with zero attached hydrogens (tertiary/aromatic N) is 3. The number of rotatable bonds is 4. The van der Waals surface area contributed by atoms with Crippen LogP contribution in [0, 0.1) is 0 Å². The monoisotopic (exact) mass is 677 g/mol. The quantitative estimate of drug-likeness (QED) is 0.186. The van der Waals surface area contributed by atoms with Crippen LogP contribution in [0.15, 0.2) is 168 Å². The summed E-state index contributed by atoms with van der Waals surface area (Å²) in [4.78, 5) is 15.7. The first-order valence-corrected chi connectivity index (χ1v) is 18.1. The van der Waals surface area contributed by atoms with Gasteiger partial charge in [0.25, 0.3) is 0 Å². The largest absolute Gasteiger partial charge is 0.456 e. The van der Waals surface area contributed by atoms with E-state index in [2.05, 4.69) is 158 Å². The summed E-state index contributed by atoms with van der Waals surface area (Å²) >= 11 is 0. The lowest BCUT2D eigenvalue weighted by Gasteiger charge is -2.21. The average Bonchev–Trinajstić information content (AvgIpc) is 3.61. The predicted molar refractivity (Wildman–Crippen MR) is 218 cm³/mol. The second-order valence-electron chi connectivity index (χ2n) is 14.0. The van der Waals surface area contributed by atoms with Crippen molar-refractivity contribution in [2.75, 3.05) is 0 Å². The molecule has 2 heterocycles. The standard InChI is InChI=1S/C49H31N3O/c1-3-11-33-26-35(19-16-30(33)8-1)36-22-25-42-45(29-36)53-44-15-7-14-43(46(42)44)49-51-47(38-21-17-31-9-2-4-12-34(31)27-38)50-48(52-49)39-23-24-41-37(28-39)20-18-32-10-5-6-13-40(32)41/h1-27,29,39H,28H2. The molecule has 1 unspecified atom stereocenters. The van der Waals surface area contributed by atoms with Gasteiger partial charge in [0.15, 0.2) is 11.6 Å². The Bertz CT molecular complexity index is 3120. The molecule has 0 radical (unpaired) electrons. The topological polar surface area (TPSA) is 51.8 Å². The lowest BCUT2D eigenvalue weighted by molar-refractivity contribution is 0.669. The summed E-state index contributed by atoms with van der Waals surface area (Å²) in [5, 5.41) is 9.34. The van der Waals surface area contributed by atoms with Crippen LogP contribution < -0.4 is 0 Å². The maximum absolute atomic E-state index is 6.57. The van der Waals surface area contributed by atoms with Gasteiger partial charge in [-0.15, -0.1) is 0 Å². The lowest BCUT2D eigenvalue weighted by Crippen LogP contribution is -2.12. The zero-order chi connectivity index (χ0) is 34.9. The molecule has 0 N–H and O–H groups in total. The van der Waals surface area contributed by atoms with Crippen LogP contribution in [-0.2, 0) is 6.42 Å². The van der Waals surface area contributed by atoms with Gasteiger partial charge < -0.3 is 4.42 Å². The summed E-state index contributed by atoms with van der Waals surface area (Å²) < 4.78 is 6.57. The Hall–Kier alpha value is -6.91. The third-order valence-corrected chi connectivity index (χ3v) is 10.8. The molecular formula is C49H31N3O. The molecule has 0 fully saturated rings. The molecule has 0 aliphatic heterocycles. The van der Waals surface area contributed by atoms with Crippen LogP contribution in [-0.4, -0.2) is 15.0 Å². The van der Waals surface area contributed by atoms with Crippen molar-refractivity contribution in [2.24, 2.45) is 0 Å². The number of benzene rings is 8. The van der Waals surface area contributed by atoms with Gasteiger partial charge in [0.2, 0.25) is 0 Å². The van der Waals surface area contributed by atoms with E-state index in [0.29, 0.717) is 11.6 Å². The van der Waals surface area contributed by atoms with Gasteiger partial charge in [-0.25, -0.2) is 15.0 Å². The molecule has 10 aromatic rings. The second kappa shape index (κ2) is 11.8. The van der Waals surface area contributed by atoms with E-state index in [4.69, 9.17) is 19.4 Å². The molecule has 248 valence electrons. The van der Waals surface area contributed by atoms with E-state index in [9.17, 15) is 0 Å². The predicted octanol–water partition coefficient (Wildman–Crippen LogP) is 12.6. The third-order valence-electron chi connectivity index (χ3n) is 10.8. The van der Waals surface area contributed by atoms with E-state index in [1.807, 2.05) is 12.1 Å². The molecule has 1 aliphatic rings. The van der Waals surface area contributed by atoms with Crippen molar-refractivity contribution in [1.29, 1.82) is 0 Å². The van der Waals surface area contributed by atoms with Crippen LogP contribution in [0.5, 0.6) is 0 Å². The Morgan fingerprint density at radius 2 is 1.13 bits per heavy atom. The highest BCUT2D eigenvalue weighted by atomic mass is 16.3. The first-order chi connectivity index (χ1) is 26.2. The number of furan rings is 1. The van der Waals surface area contributed by atoms with Gasteiger partial charge in [0.05, 0.1) is 0 Å². The zero-order valence-electron chi connectivity index (χ0n) is 28.7. The lowest BCUT2D eigenvalue weighted by atomic mass is 9.86. The molecule has 0 amide bonds. The maximum atomic E-state index is 6.57. The number of fused-ring (bicyclic) bond motifs is 8. The molecule has 0 spiro atoms. The fraction of sp³-hybridized carbons (Fsp3) is 0.0408. The van der Waals surface area contributed by atoms with Gasteiger partial charge in [-0.2, -0.15) is 0 Å². The van der Waals surface area contributed by atoms with Gasteiger partial charge in [0, 0.05) is 27.8 Å². The Morgan fingerprint density at radius 3 is 1.96 bits per heavy atom. The number of allylic oxidation sites excluding steroid dienone is 1. The van der Waals surface area contributed by atoms with E-state index in [-0.39, 0.29) is 5.92 Å². The van der Waals surface area contributed by atoms with Crippen molar-refractivity contribution in [3.05, 3.63) is 181 Å². The summed E-state index contributed by atoms with van der Waals surface area (Å²) in [5.74, 6) is 2.06. The van der Waals surface area contributed by atoms with Crippen molar-refractivity contribution in [3.8, 4) is 33.9 Å². The van der Waals surface area contributed by atoms with E-state index >= 15 is 0 Å². The highest BCUT2D eigenvalue weighted by Gasteiger charge is 2.23. The number of hydrogen-bond acceptors (Lipinski definition) is 4. The SMILES string of the molecule is C1=CC(c2nc(-c3ccc4ccccc4c3)nc(-c3cccc4oc5cc(-c6ccc7ccccc7c6)ccc5c34)n2)Cc2ccc3ccccc3c21. The minimum Gasteiger partial charge on any atom is -0.456 e. The highest BCUT2D eigenvalue weighted by Crippen LogP contribution is 2.40. The van der Waals surface area contributed by atoms with Crippen molar-refractivity contribution in [2.45, 2.75) is 12.3 Å². The average molecular weight is 678 g/mol. The minimum atomic E-state index is -0.00516. The molecule has 53 heavy (non-hydrogen) atoms. The van der Waals surface area contributed by atoms with Gasteiger partial charge >= 0.3 is 0 Å². The van der Waals surface area contributed by atoms with Crippen LogP contribution >= 0.6 is 0 Å². The van der Waals surface area contributed by atoms with Crippen LogP contribution in [0.4, 0.5) is 0 Å². The highest BCUT2D eigenvalue weighted by molar-refractivity contribution is 6.12.